The van der Waals surface area contributed by atoms with Gasteiger partial charge in [-0.05, 0) is 25.6 Å². The van der Waals surface area contributed by atoms with Crippen LogP contribution < -0.4 is 5.32 Å². The molecule has 4 heteroatoms. The van der Waals surface area contributed by atoms with Crippen LogP contribution >= 0.6 is 0 Å². The number of aliphatic hydroxyl groups is 1. The number of nitrogens with zero attached hydrogens (tertiary/aromatic N) is 1. The Morgan fingerprint density at radius 2 is 1.77 bits per heavy atom. The number of aliphatic hydroxyl groups excluding tert-OH is 1. The standard InChI is InChI=1S/C18H22N2O2/c1-14(21)16-10-6-7-11-17(16)19-18(22)13-20(2)12-15-8-4-3-5-9-15/h3-11,14,21H,12-13H2,1-2H3,(H,19,22). The van der Waals surface area contributed by atoms with Gasteiger partial charge < -0.3 is 10.4 Å². The van der Waals surface area contributed by atoms with Crippen molar-refractivity contribution < 1.29 is 9.90 Å². The Bertz CT molecular complexity index is 611. The van der Waals surface area contributed by atoms with Gasteiger partial charge in [0.05, 0.1) is 12.6 Å². The third-order valence-electron chi connectivity index (χ3n) is 3.39. The quantitative estimate of drug-likeness (QED) is 0.862. The molecule has 2 N–H and O–H groups in total. The number of rotatable bonds is 6. The highest BCUT2D eigenvalue weighted by atomic mass is 16.3. The highest BCUT2D eigenvalue weighted by Crippen LogP contribution is 2.22. The Morgan fingerprint density at radius 1 is 1.14 bits per heavy atom. The van der Waals surface area contributed by atoms with E-state index in [1.54, 1.807) is 13.0 Å². The van der Waals surface area contributed by atoms with E-state index in [2.05, 4.69) is 5.32 Å². The molecule has 2 aromatic rings. The van der Waals surface area contributed by atoms with Crippen molar-refractivity contribution in [3.8, 4) is 0 Å². The minimum Gasteiger partial charge on any atom is -0.389 e. The SMILES string of the molecule is CC(O)c1ccccc1NC(=O)CN(C)Cc1ccccc1. The van der Waals surface area contributed by atoms with Gasteiger partial charge in [-0.2, -0.15) is 0 Å². The zero-order valence-corrected chi connectivity index (χ0v) is 13.0. The van der Waals surface area contributed by atoms with E-state index >= 15 is 0 Å². The Hall–Kier alpha value is -2.17. The van der Waals surface area contributed by atoms with Gasteiger partial charge >= 0.3 is 0 Å². The minimum atomic E-state index is -0.612. The van der Waals surface area contributed by atoms with Crippen molar-refractivity contribution in [3.05, 3.63) is 65.7 Å². The van der Waals surface area contributed by atoms with E-state index in [0.29, 0.717) is 18.8 Å². The van der Waals surface area contributed by atoms with Crippen molar-refractivity contribution in [3.63, 3.8) is 0 Å². The van der Waals surface area contributed by atoms with Crippen molar-refractivity contribution >= 4 is 11.6 Å². The van der Waals surface area contributed by atoms with E-state index in [1.807, 2.05) is 60.5 Å². The van der Waals surface area contributed by atoms with Crippen LogP contribution in [0.25, 0.3) is 0 Å². The average Bonchev–Trinajstić information content (AvgIpc) is 2.48. The maximum absolute atomic E-state index is 12.2. The molecule has 0 aliphatic carbocycles. The van der Waals surface area contributed by atoms with Gasteiger partial charge in [-0.15, -0.1) is 0 Å². The molecule has 1 unspecified atom stereocenters. The second-order valence-corrected chi connectivity index (χ2v) is 5.47. The molecule has 22 heavy (non-hydrogen) atoms. The lowest BCUT2D eigenvalue weighted by atomic mass is 10.1. The Balaban J connectivity index is 1.93. The number of para-hydroxylation sites is 1. The number of hydrogen-bond donors (Lipinski definition) is 2. The van der Waals surface area contributed by atoms with E-state index < -0.39 is 6.10 Å². The number of anilines is 1. The molecule has 0 spiro atoms. The van der Waals surface area contributed by atoms with E-state index in [0.717, 1.165) is 5.56 Å². The number of carbonyl (C=O) groups excluding carboxylic acids is 1. The molecule has 116 valence electrons. The number of benzene rings is 2. The van der Waals surface area contributed by atoms with Crippen LogP contribution in [0.5, 0.6) is 0 Å². The molecule has 0 aliphatic rings. The molecule has 0 heterocycles. The van der Waals surface area contributed by atoms with Crippen molar-refractivity contribution in [1.29, 1.82) is 0 Å². The van der Waals surface area contributed by atoms with Crippen molar-refractivity contribution in [2.45, 2.75) is 19.6 Å². The van der Waals surface area contributed by atoms with Crippen LogP contribution in [0.2, 0.25) is 0 Å². The molecule has 0 saturated heterocycles. The molecule has 0 saturated carbocycles. The number of likely N-dealkylation sites (N-methyl/N-ethyl adjacent to an activating group) is 1. The van der Waals surface area contributed by atoms with Crippen LogP contribution in [0.4, 0.5) is 5.69 Å². The molecule has 0 radical (unpaired) electrons. The second kappa shape index (κ2) is 7.73. The normalized spacial score (nSPS) is 12.2. The van der Waals surface area contributed by atoms with E-state index in [9.17, 15) is 9.90 Å². The molecule has 0 aliphatic heterocycles. The maximum atomic E-state index is 12.2. The summed E-state index contributed by atoms with van der Waals surface area (Å²) in [4.78, 5) is 14.1. The van der Waals surface area contributed by atoms with Gasteiger partial charge in [0.15, 0.2) is 0 Å². The first-order chi connectivity index (χ1) is 10.6. The predicted octanol–water partition coefficient (Wildman–Crippen LogP) is 2.81. The summed E-state index contributed by atoms with van der Waals surface area (Å²) in [5.74, 6) is -0.0912. The lowest BCUT2D eigenvalue weighted by Crippen LogP contribution is -2.30. The third kappa shape index (κ3) is 4.69. The number of hydrogen-bond acceptors (Lipinski definition) is 3. The summed E-state index contributed by atoms with van der Waals surface area (Å²) in [6, 6.07) is 17.3. The topological polar surface area (TPSA) is 52.6 Å². The molecule has 0 aromatic heterocycles. The average molecular weight is 298 g/mol. The van der Waals surface area contributed by atoms with Crippen molar-refractivity contribution in [1.82, 2.24) is 4.90 Å². The van der Waals surface area contributed by atoms with Gasteiger partial charge in [-0.3, -0.25) is 9.69 Å². The van der Waals surface area contributed by atoms with Crippen LogP contribution in [0.3, 0.4) is 0 Å². The summed E-state index contributed by atoms with van der Waals surface area (Å²) < 4.78 is 0. The Morgan fingerprint density at radius 3 is 2.45 bits per heavy atom. The zero-order chi connectivity index (χ0) is 15.9. The molecule has 0 bridgehead atoms. The van der Waals surface area contributed by atoms with Gasteiger partial charge in [-0.25, -0.2) is 0 Å². The molecule has 4 nitrogen and oxygen atoms in total. The summed E-state index contributed by atoms with van der Waals surface area (Å²) in [6.45, 7) is 2.70. The van der Waals surface area contributed by atoms with Gasteiger partial charge in [0.25, 0.3) is 0 Å². The van der Waals surface area contributed by atoms with E-state index in [1.165, 1.54) is 5.56 Å². The fourth-order valence-electron chi connectivity index (χ4n) is 2.36. The maximum Gasteiger partial charge on any atom is 0.238 e. The highest BCUT2D eigenvalue weighted by Gasteiger charge is 2.11. The minimum absolute atomic E-state index is 0.0912. The van der Waals surface area contributed by atoms with Crippen LogP contribution in [0.15, 0.2) is 54.6 Å². The highest BCUT2D eigenvalue weighted by molar-refractivity contribution is 5.93. The fourth-order valence-corrected chi connectivity index (χ4v) is 2.36. The summed E-state index contributed by atoms with van der Waals surface area (Å²) in [6.07, 6.45) is -0.612. The van der Waals surface area contributed by atoms with Crippen molar-refractivity contribution in [2.24, 2.45) is 0 Å². The third-order valence-corrected chi connectivity index (χ3v) is 3.39. The Kier molecular flexibility index (Phi) is 5.69. The lowest BCUT2D eigenvalue weighted by molar-refractivity contribution is -0.117. The fraction of sp³-hybridized carbons (Fsp3) is 0.278. The molecule has 2 rings (SSSR count). The molecule has 1 amide bonds. The van der Waals surface area contributed by atoms with E-state index in [-0.39, 0.29) is 5.91 Å². The molecular weight excluding hydrogens is 276 g/mol. The summed E-state index contributed by atoms with van der Waals surface area (Å²) in [7, 11) is 1.91. The lowest BCUT2D eigenvalue weighted by Gasteiger charge is -2.18. The molecular formula is C18H22N2O2. The monoisotopic (exact) mass is 298 g/mol. The van der Waals surface area contributed by atoms with Gasteiger partial charge in [0, 0.05) is 17.8 Å². The van der Waals surface area contributed by atoms with E-state index in [4.69, 9.17) is 0 Å². The van der Waals surface area contributed by atoms with Gasteiger partial charge in [-0.1, -0.05) is 48.5 Å². The number of nitrogens with one attached hydrogen (secondary N) is 1. The summed E-state index contributed by atoms with van der Waals surface area (Å²) in [5.41, 5.74) is 2.55. The van der Waals surface area contributed by atoms with Gasteiger partial charge in [0.2, 0.25) is 5.91 Å². The van der Waals surface area contributed by atoms with Gasteiger partial charge in [0.1, 0.15) is 0 Å². The largest absolute Gasteiger partial charge is 0.389 e. The molecule has 2 aromatic carbocycles. The smallest absolute Gasteiger partial charge is 0.238 e. The summed E-state index contributed by atoms with van der Waals surface area (Å²) >= 11 is 0. The number of carbonyl (C=O) groups is 1. The zero-order valence-electron chi connectivity index (χ0n) is 13.0. The first-order valence-corrected chi connectivity index (χ1v) is 7.35. The first-order valence-electron chi connectivity index (χ1n) is 7.35. The first kappa shape index (κ1) is 16.2. The van der Waals surface area contributed by atoms with Crippen LogP contribution in [0.1, 0.15) is 24.2 Å². The van der Waals surface area contributed by atoms with Crippen LogP contribution in [-0.2, 0) is 11.3 Å². The molecule has 1 atom stereocenters. The van der Waals surface area contributed by atoms with Crippen LogP contribution in [0, 0.1) is 0 Å². The molecule has 0 fully saturated rings. The Labute approximate surface area is 131 Å². The predicted molar refractivity (Wildman–Crippen MR) is 88.5 cm³/mol. The number of amides is 1. The summed E-state index contributed by atoms with van der Waals surface area (Å²) in [5, 5.41) is 12.6. The van der Waals surface area contributed by atoms with Crippen molar-refractivity contribution in [2.75, 3.05) is 18.9 Å². The van der Waals surface area contributed by atoms with Crippen LogP contribution in [-0.4, -0.2) is 29.5 Å². The second-order valence-electron chi connectivity index (χ2n) is 5.47.